The van der Waals surface area contributed by atoms with Crippen molar-refractivity contribution in [1.82, 2.24) is 29.5 Å². The average molecular weight is 386 g/mol. The number of aromatic nitrogens is 5. The quantitative estimate of drug-likeness (QED) is 0.537. The molecule has 0 spiro atoms. The average Bonchev–Trinajstić information content (AvgIpc) is 3.18. The van der Waals surface area contributed by atoms with Crippen LogP contribution in [-0.2, 0) is 11.3 Å². The van der Waals surface area contributed by atoms with Gasteiger partial charge >= 0.3 is 0 Å². The third-order valence-electron chi connectivity index (χ3n) is 5.19. The van der Waals surface area contributed by atoms with Crippen molar-refractivity contribution in [2.45, 2.75) is 13.5 Å². The van der Waals surface area contributed by atoms with Gasteiger partial charge in [0.25, 0.3) is 0 Å². The molecule has 7 nitrogen and oxygen atoms in total. The summed E-state index contributed by atoms with van der Waals surface area (Å²) in [5, 5.41) is 4.49. The van der Waals surface area contributed by atoms with E-state index in [1.54, 1.807) is 12.4 Å². The predicted octanol–water partition coefficient (Wildman–Crippen LogP) is 2.99. The molecule has 146 valence electrons. The lowest BCUT2D eigenvalue weighted by Crippen LogP contribution is -2.35. The molecule has 1 saturated heterocycles. The number of nitrogens with zero attached hydrogens (tertiary/aromatic N) is 6. The number of morpholine rings is 1. The maximum absolute atomic E-state index is 5.45. The van der Waals surface area contributed by atoms with Crippen LogP contribution in [-0.4, -0.2) is 55.8 Å². The van der Waals surface area contributed by atoms with Crippen molar-refractivity contribution < 1.29 is 4.74 Å². The second kappa shape index (κ2) is 7.69. The van der Waals surface area contributed by atoms with E-state index < -0.39 is 0 Å². The largest absolute Gasteiger partial charge is 0.379 e. The number of benzene rings is 1. The highest BCUT2D eigenvalue weighted by atomic mass is 16.5. The van der Waals surface area contributed by atoms with Crippen LogP contribution in [0.2, 0.25) is 0 Å². The van der Waals surface area contributed by atoms with E-state index in [1.165, 1.54) is 5.56 Å². The fourth-order valence-corrected chi connectivity index (χ4v) is 3.61. The Morgan fingerprint density at radius 2 is 1.83 bits per heavy atom. The summed E-state index contributed by atoms with van der Waals surface area (Å²) >= 11 is 0. The summed E-state index contributed by atoms with van der Waals surface area (Å²) in [6.45, 7) is 6.37. The van der Waals surface area contributed by atoms with Gasteiger partial charge in [0.05, 0.1) is 25.1 Å². The Morgan fingerprint density at radius 3 is 2.66 bits per heavy atom. The van der Waals surface area contributed by atoms with E-state index >= 15 is 0 Å². The van der Waals surface area contributed by atoms with Gasteiger partial charge < -0.3 is 4.74 Å². The standard InChI is InChI=1S/C22H22N6O/c1-16-23-12-19(13-24-16)21-5-6-28-22(26-21)20(14-25-28)18-4-2-3-17(11-18)15-27-7-9-29-10-8-27/h2-6,11-14H,7-10,15H2,1H3. The van der Waals surface area contributed by atoms with E-state index in [9.17, 15) is 0 Å². The molecule has 0 unspecified atom stereocenters. The summed E-state index contributed by atoms with van der Waals surface area (Å²) in [5.41, 5.74) is 5.98. The van der Waals surface area contributed by atoms with E-state index in [1.807, 2.05) is 29.9 Å². The van der Waals surface area contributed by atoms with E-state index in [0.717, 1.165) is 66.7 Å². The summed E-state index contributed by atoms with van der Waals surface area (Å²) in [7, 11) is 0. The Kier molecular flexibility index (Phi) is 4.75. The zero-order chi connectivity index (χ0) is 19.6. The van der Waals surface area contributed by atoms with Crippen LogP contribution in [0.15, 0.2) is 55.1 Å². The third kappa shape index (κ3) is 3.74. The lowest BCUT2D eigenvalue weighted by Gasteiger charge is -2.26. The van der Waals surface area contributed by atoms with Gasteiger partial charge in [-0.15, -0.1) is 0 Å². The van der Waals surface area contributed by atoms with Crippen LogP contribution in [0, 0.1) is 6.92 Å². The molecule has 1 aliphatic heterocycles. The van der Waals surface area contributed by atoms with Crippen LogP contribution in [0.25, 0.3) is 28.0 Å². The van der Waals surface area contributed by atoms with Crippen LogP contribution in [0.4, 0.5) is 0 Å². The fourth-order valence-electron chi connectivity index (χ4n) is 3.61. The molecule has 29 heavy (non-hydrogen) atoms. The molecular formula is C22H22N6O. The summed E-state index contributed by atoms with van der Waals surface area (Å²) in [4.78, 5) is 15.8. The number of hydrogen-bond donors (Lipinski definition) is 0. The normalized spacial score (nSPS) is 15.1. The highest BCUT2D eigenvalue weighted by molar-refractivity contribution is 5.78. The third-order valence-corrected chi connectivity index (χ3v) is 5.19. The summed E-state index contributed by atoms with van der Waals surface area (Å²) in [5.74, 6) is 0.747. The van der Waals surface area contributed by atoms with Crippen molar-refractivity contribution in [3.05, 3.63) is 66.5 Å². The maximum atomic E-state index is 5.45. The monoisotopic (exact) mass is 386 g/mol. The van der Waals surface area contributed by atoms with Crippen LogP contribution in [0.3, 0.4) is 0 Å². The van der Waals surface area contributed by atoms with Crippen molar-refractivity contribution in [1.29, 1.82) is 0 Å². The summed E-state index contributed by atoms with van der Waals surface area (Å²) in [6, 6.07) is 10.6. The number of aryl methyl sites for hydroxylation is 1. The lowest BCUT2D eigenvalue weighted by atomic mass is 10.1. The van der Waals surface area contributed by atoms with Crippen molar-refractivity contribution in [3.63, 3.8) is 0 Å². The summed E-state index contributed by atoms with van der Waals surface area (Å²) < 4.78 is 7.26. The number of ether oxygens (including phenoxy) is 1. The first-order valence-corrected chi connectivity index (χ1v) is 9.79. The van der Waals surface area contributed by atoms with E-state index in [-0.39, 0.29) is 0 Å². The van der Waals surface area contributed by atoms with Gasteiger partial charge in [0.2, 0.25) is 0 Å². The Bertz CT molecular complexity index is 1130. The Morgan fingerprint density at radius 1 is 1.00 bits per heavy atom. The molecule has 1 aromatic carbocycles. The first-order chi connectivity index (χ1) is 14.3. The smallest absolute Gasteiger partial charge is 0.163 e. The molecule has 0 radical (unpaired) electrons. The fraction of sp³-hybridized carbons (Fsp3) is 0.273. The van der Waals surface area contributed by atoms with Crippen molar-refractivity contribution in [2.75, 3.05) is 26.3 Å². The molecule has 5 rings (SSSR count). The van der Waals surface area contributed by atoms with Gasteiger partial charge in [0.15, 0.2) is 5.65 Å². The van der Waals surface area contributed by atoms with Crippen molar-refractivity contribution >= 4 is 5.65 Å². The first kappa shape index (κ1) is 17.9. The maximum Gasteiger partial charge on any atom is 0.163 e. The van der Waals surface area contributed by atoms with E-state index in [2.05, 4.69) is 44.2 Å². The van der Waals surface area contributed by atoms with Crippen LogP contribution >= 0.6 is 0 Å². The highest BCUT2D eigenvalue weighted by Crippen LogP contribution is 2.26. The number of hydrogen-bond acceptors (Lipinski definition) is 6. The van der Waals surface area contributed by atoms with Crippen molar-refractivity contribution in [2.24, 2.45) is 0 Å². The van der Waals surface area contributed by atoms with E-state index in [0.29, 0.717) is 0 Å². The van der Waals surface area contributed by atoms with Crippen LogP contribution in [0.1, 0.15) is 11.4 Å². The SMILES string of the molecule is Cc1ncc(-c2ccn3ncc(-c4cccc(CN5CCOCC5)c4)c3n2)cn1. The molecule has 7 heteroatoms. The molecule has 3 aromatic heterocycles. The lowest BCUT2D eigenvalue weighted by molar-refractivity contribution is 0.0342. The Hall–Kier alpha value is -3.16. The predicted molar refractivity (Wildman–Crippen MR) is 110 cm³/mol. The molecule has 0 bridgehead atoms. The number of rotatable bonds is 4. The molecule has 0 N–H and O–H groups in total. The van der Waals surface area contributed by atoms with E-state index in [4.69, 9.17) is 9.72 Å². The highest BCUT2D eigenvalue weighted by Gasteiger charge is 2.13. The van der Waals surface area contributed by atoms with Gasteiger partial charge in [0.1, 0.15) is 5.82 Å². The number of fused-ring (bicyclic) bond motifs is 1. The second-order valence-corrected chi connectivity index (χ2v) is 7.25. The molecular weight excluding hydrogens is 364 g/mol. The first-order valence-electron chi connectivity index (χ1n) is 9.79. The summed E-state index contributed by atoms with van der Waals surface area (Å²) in [6.07, 6.45) is 7.42. The van der Waals surface area contributed by atoms with Gasteiger partial charge in [-0.3, -0.25) is 4.90 Å². The molecule has 1 fully saturated rings. The molecule has 0 saturated carbocycles. The van der Waals surface area contributed by atoms with Crippen molar-refractivity contribution in [3.8, 4) is 22.4 Å². The molecule has 1 aliphatic rings. The van der Waals surface area contributed by atoms with Crippen LogP contribution < -0.4 is 0 Å². The topological polar surface area (TPSA) is 68.4 Å². The van der Waals surface area contributed by atoms with Gasteiger partial charge in [-0.25, -0.2) is 19.5 Å². The molecule has 4 aromatic rings. The molecule has 4 heterocycles. The van der Waals surface area contributed by atoms with Gasteiger partial charge in [-0.05, 0) is 30.2 Å². The van der Waals surface area contributed by atoms with Gasteiger partial charge in [-0.2, -0.15) is 5.10 Å². The minimum atomic E-state index is 0.747. The zero-order valence-corrected chi connectivity index (χ0v) is 16.3. The molecule has 0 atom stereocenters. The Labute approximate surface area is 169 Å². The minimum Gasteiger partial charge on any atom is -0.379 e. The second-order valence-electron chi connectivity index (χ2n) is 7.25. The van der Waals surface area contributed by atoms with Crippen LogP contribution in [0.5, 0.6) is 0 Å². The van der Waals surface area contributed by atoms with Gasteiger partial charge in [0, 0.05) is 49.4 Å². The van der Waals surface area contributed by atoms with Gasteiger partial charge in [-0.1, -0.05) is 18.2 Å². The molecule has 0 amide bonds. The zero-order valence-electron chi connectivity index (χ0n) is 16.3. The molecule has 0 aliphatic carbocycles. The Balaban J connectivity index is 1.49. The minimum absolute atomic E-state index is 0.747.